The van der Waals surface area contributed by atoms with E-state index in [1.165, 1.54) is 23.9 Å². The summed E-state index contributed by atoms with van der Waals surface area (Å²) in [7, 11) is 0. The molecule has 98 valence electrons. The van der Waals surface area contributed by atoms with Crippen LogP contribution in [-0.4, -0.2) is 33.5 Å². The Morgan fingerprint density at radius 2 is 2.06 bits per heavy atom. The smallest absolute Gasteiger partial charge is 0.321 e. The summed E-state index contributed by atoms with van der Waals surface area (Å²) < 4.78 is 0. The number of benzene rings is 1. The maximum atomic E-state index is 10.5. The lowest BCUT2D eigenvalue weighted by Gasteiger charge is -2.05. The van der Waals surface area contributed by atoms with E-state index in [1.54, 1.807) is 12.1 Å². The number of hydrogen-bond acceptors (Lipinski definition) is 5. The van der Waals surface area contributed by atoms with E-state index in [9.17, 15) is 14.9 Å². The van der Waals surface area contributed by atoms with Crippen molar-refractivity contribution in [2.45, 2.75) is 12.5 Å². The molecule has 18 heavy (non-hydrogen) atoms. The number of nitro benzene ring substituents is 1. The van der Waals surface area contributed by atoms with Crippen molar-refractivity contribution < 1.29 is 14.8 Å². The molecule has 7 heteroatoms. The number of thioether (sulfide) groups is 1. The minimum Gasteiger partial charge on any atom is -0.480 e. The van der Waals surface area contributed by atoms with Crippen LogP contribution < -0.4 is 5.73 Å². The Balaban J connectivity index is 2.31. The van der Waals surface area contributed by atoms with Gasteiger partial charge in [-0.15, -0.1) is 0 Å². The first kappa shape index (κ1) is 14.5. The maximum absolute atomic E-state index is 10.5. The molecule has 0 heterocycles. The Hall–Kier alpha value is -1.60. The van der Waals surface area contributed by atoms with Gasteiger partial charge in [0, 0.05) is 17.9 Å². The van der Waals surface area contributed by atoms with Crippen LogP contribution >= 0.6 is 11.8 Å². The van der Waals surface area contributed by atoms with Crippen LogP contribution in [0, 0.1) is 10.1 Å². The molecule has 0 radical (unpaired) electrons. The second-order valence-corrected chi connectivity index (χ2v) is 4.84. The minimum absolute atomic E-state index is 0.0688. The largest absolute Gasteiger partial charge is 0.480 e. The molecule has 0 saturated heterocycles. The number of carboxylic acids is 1. The number of rotatable bonds is 7. The van der Waals surface area contributed by atoms with Crippen molar-refractivity contribution in [1.29, 1.82) is 0 Å². The third kappa shape index (κ3) is 4.72. The maximum Gasteiger partial charge on any atom is 0.321 e. The SMILES string of the molecule is N[C@@H](CSCCc1ccc([N+](=O)[O-])cc1)C(=O)O. The second kappa shape index (κ2) is 6.97. The van der Waals surface area contributed by atoms with Gasteiger partial charge in [0.05, 0.1) is 4.92 Å². The summed E-state index contributed by atoms with van der Waals surface area (Å²) in [5, 5.41) is 19.0. The van der Waals surface area contributed by atoms with Crippen LogP contribution in [0.15, 0.2) is 24.3 Å². The summed E-state index contributed by atoms with van der Waals surface area (Å²) in [6.45, 7) is 0. The molecular weight excluding hydrogens is 256 g/mol. The normalized spacial score (nSPS) is 12.1. The zero-order chi connectivity index (χ0) is 13.5. The highest BCUT2D eigenvalue weighted by Crippen LogP contribution is 2.14. The predicted octanol–water partition coefficient (Wildman–Crippen LogP) is 1.28. The lowest BCUT2D eigenvalue weighted by Crippen LogP contribution is -2.32. The van der Waals surface area contributed by atoms with Crippen molar-refractivity contribution in [1.82, 2.24) is 0 Å². The lowest BCUT2D eigenvalue weighted by molar-refractivity contribution is -0.384. The number of nitrogens with zero attached hydrogens (tertiary/aromatic N) is 1. The Kier molecular flexibility index (Phi) is 5.60. The molecule has 0 unspecified atom stereocenters. The standard InChI is InChI=1S/C11H14N2O4S/c12-10(11(14)15)7-18-6-5-8-1-3-9(4-2-8)13(16)17/h1-4,10H,5-7,12H2,(H,14,15)/t10-/m0/s1. The molecule has 3 N–H and O–H groups in total. The van der Waals surface area contributed by atoms with Gasteiger partial charge in [0.2, 0.25) is 0 Å². The average molecular weight is 270 g/mol. The summed E-state index contributed by atoms with van der Waals surface area (Å²) >= 11 is 1.46. The number of nitrogens with two attached hydrogens (primary N) is 1. The molecule has 0 fully saturated rings. The summed E-state index contributed by atoms with van der Waals surface area (Å²) in [6, 6.07) is 5.49. The van der Waals surface area contributed by atoms with E-state index >= 15 is 0 Å². The fourth-order valence-electron chi connectivity index (χ4n) is 1.26. The Bertz CT molecular complexity index is 422. The summed E-state index contributed by atoms with van der Waals surface area (Å²) in [5.74, 6) is 0.0963. The van der Waals surface area contributed by atoms with Crippen LogP contribution in [0.25, 0.3) is 0 Å². The predicted molar refractivity (Wildman–Crippen MR) is 69.7 cm³/mol. The first-order chi connectivity index (χ1) is 8.50. The third-order valence-electron chi connectivity index (χ3n) is 2.30. The molecule has 0 aliphatic rings. The fourth-order valence-corrected chi connectivity index (χ4v) is 2.20. The van der Waals surface area contributed by atoms with Crippen molar-refractivity contribution in [3.63, 3.8) is 0 Å². The monoisotopic (exact) mass is 270 g/mol. The highest BCUT2D eigenvalue weighted by molar-refractivity contribution is 7.99. The molecule has 0 saturated carbocycles. The van der Waals surface area contributed by atoms with Crippen LogP contribution in [0.2, 0.25) is 0 Å². The summed E-state index contributed by atoms with van der Waals surface area (Å²) in [6.07, 6.45) is 0.731. The Labute approximate surface area is 108 Å². The number of carboxylic acid groups (broad SMARTS) is 1. The molecule has 1 aromatic carbocycles. The number of hydrogen-bond donors (Lipinski definition) is 2. The molecule has 1 rings (SSSR count). The van der Waals surface area contributed by atoms with E-state index in [-0.39, 0.29) is 5.69 Å². The van der Waals surface area contributed by atoms with Gasteiger partial charge >= 0.3 is 5.97 Å². The van der Waals surface area contributed by atoms with Crippen LogP contribution in [-0.2, 0) is 11.2 Å². The zero-order valence-electron chi connectivity index (χ0n) is 9.61. The Morgan fingerprint density at radius 3 is 2.56 bits per heavy atom. The molecule has 1 atom stereocenters. The van der Waals surface area contributed by atoms with Crippen molar-refractivity contribution in [3.05, 3.63) is 39.9 Å². The quantitative estimate of drug-likeness (QED) is 0.439. The number of carbonyl (C=O) groups is 1. The fraction of sp³-hybridized carbons (Fsp3) is 0.364. The molecule has 0 amide bonds. The van der Waals surface area contributed by atoms with Crippen molar-refractivity contribution in [2.24, 2.45) is 5.73 Å². The van der Waals surface area contributed by atoms with E-state index in [0.717, 1.165) is 17.7 Å². The van der Waals surface area contributed by atoms with Gasteiger partial charge in [-0.1, -0.05) is 12.1 Å². The molecular formula is C11H14N2O4S. The molecule has 6 nitrogen and oxygen atoms in total. The van der Waals surface area contributed by atoms with Crippen LogP contribution in [0.3, 0.4) is 0 Å². The highest BCUT2D eigenvalue weighted by atomic mass is 32.2. The van der Waals surface area contributed by atoms with Crippen molar-refractivity contribution in [3.8, 4) is 0 Å². The summed E-state index contributed by atoms with van der Waals surface area (Å²) in [5.41, 5.74) is 6.41. The van der Waals surface area contributed by atoms with E-state index in [0.29, 0.717) is 5.75 Å². The molecule has 0 spiro atoms. The van der Waals surface area contributed by atoms with Gasteiger partial charge in [0.15, 0.2) is 0 Å². The molecule has 0 aliphatic heterocycles. The Morgan fingerprint density at radius 1 is 1.44 bits per heavy atom. The number of aryl methyl sites for hydroxylation is 1. The number of aliphatic carboxylic acids is 1. The van der Waals surface area contributed by atoms with E-state index in [4.69, 9.17) is 10.8 Å². The number of nitro groups is 1. The topological polar surface area (TPSA) is 106 Å². The molecule has 0 aliphatic carbocycles. The second-order valence-electron chi connectivity index (χ2n) is 3.69. The lowest BCUT2D eigenvalue weighted by atomic mass is 10.1. The van der Waals surface area contributed by atoms with Gasteiger partial charge in [-0.2, -0.15) is 11.8 Å². The molecule has 1 aromatic rings. The highest BCUT2D eigenvalue weighted by Gasteiger charge is 2.10. The van der Waals surface area contributed by atoms with Gasteiger partial charge < -0.3 is 10.8 Å². The van der Waals surface area contributed by atoms with Gasteiger partial charge in [0.1, 0.15) is 6.04 Å². The van der Waals surface area contributed by atoms with Gasteiger partial charge in [-0.3, -0.25) is 14.9 Å². The van der Waals surface area contributed by atoms with Crippen molar-refractivity contribution in [2.75, 3.05) is 11.5 Å². The number of non-ortho nitro benzene ring substituents is 1. The van der Waals surface area contributed by atoms with Crippen LogP contribution in [0.4, 0.5) is 5.69 Å². The van der Waals surface area contributed by atoms with Gasteiger partial charge in [-0.05, 0) is 17.7 Å². The zero-order valence-corrected chi connectivity index (χ0v) is 10.4. The first-order valence-corrected chi connectivity index (χ1v) is 6.45. The van der Waals surface area contributed by atoms with E-state index in [2.05, 4.69) is 0 Å². The van der Waals surface area contributed by atoms with Gasteiger partial charge in [0.25, 0.3) is 5.69 Å². The van der Waals surface area contributed by atoms with E-state index < -0.39 is 16.9 Å². The van der Waals surface area contributed by atoms with Crippen LogP contribution in [0.5, 0.6) is 0 Å². The third-order valence-corrected chi connectivity index (χ3v) is 3.38. The molecule has 0 bridgehead atoms. The molecule has 0 aromatic heterocycles. The van der Waals surface area contributed by atoms with Gasteiger partial charge in [-0.25, -0.2) is 0 Å². The van der Waals surface area contributed by atoms with E-state index in [1.807, 2.05) is 0 Å². The minimum atomic E-state index is -1.00. The average Bonchev–Trinajstić information content (AvgIpc) is 2.34. The van der Waals surface area contributed by atoms with Crippen molar-refractivity contribution >= 4 is 23.4 Å². The first-order valence-electron chi connectivity index (χ1n) is 5.30. The van der Waals surface area contributed by atoms with Crippen LogP contribution in [0.1, 0.15) is 5.56 Å². The summed E-state index contributed by atoms with van der Waals surface area (Å²) in [4.78, 5) is 20.5.